The summed E-state index contributed by atoms with van der Waals surface area (Å²) < 4.78 is 43.1. The molecule has 1 aliphatic heterocycles. The number of carbonyl (C=O) groups excluding carboxylic acids is 1. The van der Waals surface area contributed by atoms with Crippen molar-refractivity contribution in [2.75, 3.05) is 26.4 Å². The van der Waals surface area contributed by atoms with Crippen LogP contribution in [0.5, 0.6) is 0 Å². The number of halogens is 2. The Morgan fingerprint density at radius 3 is 2.68 bits per heavy atom. The number of sulfonamides is 1. The van der Waals surface area contributed by atoms with Crippen LogP contribution < -0.4 is 0 Å². The van der Waals surface area contributed by atoms with Gasteiger partial charge in [0.05, 0.1) is 17.8 Å². The summed E-state index contributed by atoms with van der Waals surface area (Å²) in [4.78, 5) is 18.2. The van der Waals surface area contributed by atoms with E-state index in [-0.39, 0.29) is 34.8 Å². The number of benzene rings is 1. The number of rotatable bonds is 5. The molecule has 1 fully saturated rings. The molecule has 0 unspecified atom stereocenters. The van der Waals surface area contributed by atoms with Crippen molar-refractivity contribution in [3.8, 4) is 0 Å². The molecule has 152 valence electrons. The zero-order valence-electron chi connectivity index (χ0n) is 15.4. The van der Waals surface area contributed by atoms with E-state index in [1.165, 1.54) is 27.6 Å². The summed E-state index contributed by atoms with van der Waals surface area (Å²) in [6.07, 6.45) is 2.41. The largest absolute Gasteiger partial charge is 0.337 e. The Labute approximate surface area is 167 Å². The van der Waals surface area contributed by atoms with E-state index in [0.717, 1.165) is 6.07 Å². The second-order valence-corrected chi connectivity index (χ2v) is 9.16. The predicted octanol–water partition coefficient (Wildman–Crippen LogP) is 2.27. The Hall–Kier alpha value is -2.04. The third-order valence-corrected chi connectivity index (χ3v) is 6.25. The van der Waals surface area contributed by atoms with Crippen molar-refractivity contribution in [2.45, 2.75) is 25.3 Å². The highest BCUT2D eigenvalue weighted by atomic mass is 35.5. The van der Waals surface area contributed by atoms with Crippen LogP contribution in [0, 0.1) is 5.82 Å². The lowest BCUT2D eigenvalue weighted by Crippen LogP contribution is -2.37. The molecule has 1 aliphatic rings. The lowest BCUT2D eigenvalue weighted by atomic mass is 9.98. The highest BCUT2D eigenvalue weighted by molar-refractivity contribution is 7.88. The van der Waals surface area contributed by atoms with Crippen molar-refractivity contribution < 1.29 is 22.1 Å². The summed E-state index contributed by atoms with van der Waals surface area (Å²) in [5.41, 5.74) is 0.252. The maximum absolute atomic E-state index is 13.3. The van der Waals surface area contributed by atoms with Gasteiger partial charge in [0.15, 0.2) is 5.82 Å². The van der Waals surface area contributed by atoms with E-state index < -0.39 is 15.8 Å². The van der Waals surface area contributed by atoms with Crippen LogP contribution in [0.4, 0.5) is 4.39 Å². The van der Waals surface area contributed by atoms with Gasteiger partial charge >= 0.3 is 0 Å². The number of aromatic nitrogens is 2. The number of amides is 1. The molecule has 1 saturated heterocycles. The smallest absolute Gasteiger partial charge is 0.254 e. The van der Waals surface area contributed by atoms with Gasteiger partial charge in [0, 0.05) is 31.6 Å². The van der Waals surface area contributed by atoms with Gasteiger partial charge in [-0.05, 0) is 31.0 Å². The first kappa shape index (κ1) is 20.7. The molecule has 0 N–H and O–H groups in total. The molecule has 28 heavy (non-hydrogen) atoms. The maximum atomic E-state index is 13.3. The summed E-state index contributed by atoms with van der Waals surface area (Å²) in [5, 5.41) is 3.85. The number of hydrogen-bond donors (Lipinski definition) is 0. The minimum atomic E-state index is -3.19. The van der Waals surface area contributed by atoms with Crippen molar-refractivity contribution in [3.05, 3.63) is 46.3 Å². The van der Waals surface area contributed by atoms with Crippen LogP contribution in [0.1, 0.15) is 40.8 Å². The third kappa shape index (κ3) is 4.68. The first-order valence-corrected chi connectivity index (χ1v) is 10.9. The lowest BCUT2D eigenvalue weighted by molar-refractivity contribution is 0.0769. The Balaban J connectivity index is 1.61. The van der Waals surface area contributed by atoms with Gasteiger partial charge in [0.1, 0.15) is 5.82 Å². The van der Waals surface area contributed by atoms with E-state index in [2.05, 4.69) is 10.1 Å². The molecule has 0 saturated carbocycles. The summed E-state index contributed by atoms with van der Waals surface area (Å²) in [7, 11) is -1.63. The molecule has 3 rings (SSSR count). The molecule has 0 spiro atoms. The minimum Gasteiger partial charge on any atom is -0.337 e. The third-order valence-electron chi connectivity index (χ3n) is 4.66. The lowest BCUT2D eigenvalue weighted by Gasteiger charge is -2.28. The second kappa shape index (κ2) is 8.14. The molecular formula is C17H20ClFN4O4S. The molecule has 8 nitrogen and oxygen atoms in total. The van der Waals surface area contributed by atoms with Crippen molar-refractivity contribution in [2.24, 2.45) is 0 Å². The molecule has 0 bridgehead atoms. The van der Waals surface area contributed by atoms with Crippen molar-refractivity contribution in [1.29, 1.82) is 0 Å². The monoisotopic (exact) mass is 430 g/mol. The fourth-order valence-electron chi connectivity index (χ4n) is 3.07. The van der Waals surface area contributed by atoms with Gasteiger partial charge in [0.25, 0.3) is 5.91 Å². The molecule has 1 aromatic heterocycles. The van der Waals surface area contributed by atoms with Crippen LogP contribution >= 0.6 is 11.6 Å². The molecule has 0 atom stereocenters. The standard InChI is InChI=1S/C17H20ClFN4O4S/c1-22(17(24)12-3-4-14(19)13(18)9-12)10-15-20-16(21-27-15)11-5-7-23(8-6-11)28(2,25)26/h3-4,9,11H,5-8,10H2,1-2H3. The van der Waals surface area contributed by atoms with E-state index in [1.807, 2.05) is 0 Å². The van der Waals surface area contributed by atoms with Crippen molar-refractivity contribution in [1.82, 2.24) is 19.3 Å². The SMILES string of the molecule is CN(Cc1nc(C2CCN(S(C)(=O)=O)CC2)no1)C(=O)c1ccc(F)c(Cl)c1. The van der Waals surface area contributed by atoms with Crippen LogP contribution in [0.2, 0.25) is 5.02 Å². The van der Waals surface area contributed by atoms with Crippen LogP contribution in [0.3, 0.4) is 0 Å². The van der Waals surface area contributed by atoms with E-state index >= 15 is 0 Å². The molecular weight excluding hydrogens is 411 g/mol. The van der Waals surface area contributed by atoms with Gasteiger partial charge in [0.2, 0.25) is 15.9 Å². The first-order valence-electron chi connectivity index (χ1n) is 8.63. The number of piperidine rings is 1. The molecule has 0 radical (unpaired) electrons. The zero-order valence-corrected chi connectivity index (χ0v) is 17.0. The first-order chi connectivity index (χ1) is 13.1. The molecule has 2 heterocycles. The summed E-state index contributed by atoms with van der Waals surface area (Å²) in [5.74, 6) is -0.168. The Bertz CT molecular complexity index is 973. The second-order valence-electron chi connectivity index (χ2n) is 6.77. The fourth-order valence-corrected chi connectivity index (χ4v) is 4.12. The van der Waals surface area contributed by atoms with Gasteiger partial charge in [-0.2, -0.15) is 4.98 Å². The summed E-state index contributed by atoms with van der Waals surface area (Å²) in [6.45, 7) is 0.914. The fraction of sp³-hybridized carbons (Fsp3) is 0.471. The van der Waals surface area contributed by atoms with Gasteiger partial charge < -0.3 is 9.42 Å². The topological polar surface area (TPSA) is 96.6 Å². The van der Waals surface area contributed by atoms with Crippen LogP contribution in [-0.4, -0.2) is 60.1 Å². The van der Waals surface area contributed by atoms with Crippen LogP contribution in [0.15, 0.2) is 22.7 Å². The highest BCUT2D eigenvalue weighted by Gasteiger charge is 2.28. The minimum absolute atomic E-state index is 0.00686. The van der Waals surface area contributed by atoms with Gasteiger partial charge in [-0.3, -0.25) is 4.79 Å². The zero-order chi connectivity index (χ0) is 20.5. The molecule has 1 amide bonds. The van der Waals surface area contributed by atoms with E-state index in [1.54, 1.807) is 7.05 Å². The molecule has 1 aromatic carbocycles. The summed E-state index contributed by atoms with van der Waals surface area (Å²) >= 11 is 5.72. The number of carbonyl (C=O) groups is 1. The normalized spacial score (nSPS) is 16.3. The Morgan fingerprint density at radius 1 is 1.39 bits per heavy atom. The number of nitrogens with zero attached hydrogens (tertiary/aromatic N) is 4. The number of hydrogen-bond acceptors (Lipinski definition) is 6. The van der Waals surface area contributed by atoms with E-state index in [0.29, 0.717) is 31.8 Å². The van der Waals surface area contributed by atoms with Gasteiger partial charge in [-0.1, -0.05) is 16.8 Å². The summed E-state index contributed by atoms with van der Waals surface area (Å²) in [6, 6.07) is 3.76. The quantitative estimate of drug-likeness (QED) is 0.721. The molecule has 0 aliphatic carbocycles. The van der Waals surface area contributed by atoms with Crippen molar-refractivity contribution >= 4 is 27.5 Å². The van der Waals surface area contributed by atoms with Crippen LogP contribution in [-0.2, 0) is 16.6 Å². The predicted molar refractivity (Wildman–Crippen MR) is 99.9 cm³/mol. The highest BCUT2D eigenvalue weighted by Crippen LogP contribution is 2.27. The van der Waals surface area contributed by atoms with E-state index in [9.17, 15) is 17.6 Å². The van der Waals surface area contributed by atoms with Gasteiger partial charge in [-0.25, -0.2) is 17.1 Å². The Kier molecular flexibility index (Phi) is 6.01. The average molecular weight is 431 g/mol. The van der Waals surface area contributed by atoms with E-state index in [4.69, 9.17) is 16.1 Å². The van der Waals surface area contributed by atoms with Crippen molar-refractivity contribution in [3.63, 3.8) is 0 Å². The molecule has 11 heteroatoms. The Morgan fingerprint density at radius 2 is 2.07 bits per heavy atom. The molecule has 2 aromatic rings. The maximum Gasteiger partial charge on any atom is 0.254 e. The average Bonchev–Trinajstić information content (AvgIpc) is 3.11. The van der Waals surface area contributed by atoms with Crippen LogP contribution in [0.25, 0.3) is 0 Å². The van der Waals surface area contributed by atoms with Gasteiger partial charge in [-0.15, -0.1) is 0 Å².